The summed E-state index contributed by atoms with van der Waals surface area (Å²) >= 11 is 0. The van der Waals surface area contributed by atoms with Gasteiger partial charge in [0.2, 0.25) is 0 Å². The Labute approximate surface area is 111 Å². The summed E-state index contributed by atoms with van der Waals surface area (Å²) in [6.45, 7) is 0.763. The Morgan fingerprint density at radius 3 is 2.63 bits per heavy atom. The number of fused-ring (bicyclic) bond motifs is 1. The number of esters is 1. The van der Waals surface area contributed by atoms with Gasteiger partial charge < -0.3 is 10.1 Å². The first-order chi connectivity index (χ1) is 9.22. The first-order valence-electron chi connectivity index (χ1n) is 6.13. The average molecular weight is 260 g/mol. The Morgan fingerprint density at radius 1 is 1.47 bits per heavy atom. The van der Waals surface area contributed by atoms with E-state index in [1.54, 1.807) is 0 Å². The van der Waals surface area contributed by atoms with Crippen LogP contribution in [0.25, 0.3) is 10.4 Å². The number of benzene rings is 1. The van der Waals surface area contributed by atoms with Crippen molar-refractivity contribution in [2.24, 2.45) is 5.11 Å². The van der Waals surface area contributed by atoms with E-state index in [9.17, 15) is 4.79 Å². The molecule has 1 N–H and O–H groups in total. The van der Waals surface area contributed by atoms with Gasteiger partial charge in [-0.05, 0) is 16.7 Å². The lowest BCUT2D eigenvalue weighted by Crippen LogP contribution is -2.54. The second-order valence-corrected chi connectivity index (χ2v) is 4.58. The Hall–Kier alpha value is -2.04. The summed E-state index contributed by atoms with van der Waals surface area (Å²) in [5.74, 6) is -0.273. The van der Waals surface area contributed by atoms with Crippen LogP contribution in [0.15, 0.2) is 29.4 Å². The molecule has 0 aliphatic heterocycles. The third kappa shape index (κ3) is 2.70. The van der Waals surface area contributed by atoms with Gasteiger partial charge in [0.05, 0.1) is 7.11 Å². The lowest BCUT2D eigenvalue weighted by Gasteiger charge is -2.27. The molecule has 6 nitrogen and oxygen atoms in total. The fourth-order valence-corrected chi connectivity index (χ4v) is 2.54. The maximum atomic E-state index is 12.1. The van der Waals surface area contributed by atoms with E-state index in [2.05, 4.69) is 15.3 Å². The minimum atomic E-state index is -0.733. The highest BCUT2D eigenvalue weighted by atomic mass is 16.5. The molecule has 6 heteroatoms. The number of hydrogen-bond acceptors (Lipinski definition) is 4. The molecule has 1 aliphatic carbocycles. The maximum Gasteiger partial charge on any atom is 0.326 e. The van der Waals surface area contributed by atoms with Crippen LogP contribution >= 0.6 is 0 Å². The molecule has 0 radical (unpaired) electrons. The van der Waals surface area contributed by atoms with Gasteiger partial charge in [-0.15, -0.1) is 0 Å². The molecular weight excluding hydrogens is 244 g/mol. The highest BCUT2D eigenvalue weighted by Gasteiger charge is 2.44. The summed E-state index contributed by atoms with van der Waals surface area (Å²) in [4.78, 5) is 14.8. The summed E-state index contributed by atoms with van der Waals surface area (Å²) in [7, 11) is 1.39. The second-order valence-electron chi connectivity index (χ2n) is 4.58. The van der Waals surface area contributed by atoms with Gasteiger partial charge in [0.25, 0.3) is 0 Å². The van der Waals surface area contributed by atoms with E-state index in [4.69, 9.17) is 10.3 Å². The van der Waals surface area contributed by atoms with Crippen LogP contribution in [0, 0.1) is 0 Å². The Bertz CT molecular complexity index is 498. The summed E-state index contributed by atoms with van der Waals surface area (Å²) in [5, 5.41) is 6.65. The third-order valence-electron chi connectivity index (χ3n) is 3.42. The van der Waals surface area contributed by atoms with Gasteiger partial charge in [0, 0.05) is 30.8 Å². The predicted octanol–water partition coefficient (Wildman–Crippen LogP) is 1.60. The van der Waals surface area contributed by atoms with E-state index in [0.29, 0.717) is 25.9 Å². The molecule has 0 atom stereocenters. The van der Waals surface area contributed by atoms with E-state index in [1.807, 2.05) is 24.3 Å². The van der Waals surface area contributed by atoms with E-state index in [0.717, 1.165) is 11.1 Å². The number of nitrogens with one attached hydrogen (secondary N) is 1. The molecule has 0 saturated heterocycles. The number of nitrogens with zero attached hydrogens (tertiary/aromatic N) is 3. The van der Waals surface area contributed by atoms with Crippen LogP contribution < -0.4 is 5.32 Å². The minimum Gasteiger partial charge on any atom is -0.468 e. The van der Waals surface area contributed by atoms with Crippen molar-refractivity contribution in [1.29, 1.82) is 0 Å². The Morgan fingerprint density at radius 2 is 2.11 bits per heavy atom. The third-order valence-corrected chi connectivity index (χ3v) is 3.42. The van der Waals surface area contributed by atoms with Gasteiger partial charge in [-0.25, -0.2) is 0 Å². The van der Waals surface area contributed by atoms with E-state index >= 15 is 0 Å². The van der Waals surface area contributed by atoms with Crippen LogP contribution in [0.4, 0.5) is 0 Å². The topological polar surface area (TPSA) is 87.1 Å². The van der Waals surface area contributed by atoms with Crippen LogP contribution in [0.3, 0.4) is 0 Å². The molecule has 0 bridgehead atoms. The molecule has 0 aromatic heterocycles. The van der Waals surface area contributed by atoms with Crippen LogP contribution in [0.2, 0.25) is 0 Å². The predicted molar refractivity (Wildman–Crippen MR) is 70.6 cm³/mol. The molecule has 2 rings (SSSR count). The molecule has 0 saturated carbocycles. The maximum absolute atomic E-state index is 12.1. The highest BCUT2D eigenvalue weighted by molar-refractivity contribution is 5.83. The normalized spacial score (nSPS) is 15.4. The SMILES string of the molecule is COC(=O)C1(NCCN=[N+]=[N-])Cc2ccccc2C1. The van der Waals surface area contributed by atoms with Crippen molar-refractivity contribution in [2.75, 3.05) is 20.2 Å². The van der Waals surface area contributed by atoms with Crippen molar-refractivity contribution in [1.82, 2.24) is 5.32 Å². The fourth-order valence-electron chi connectivity index (χ4n) is 2.54. The molecular formula is C13H16N4O2. The summed E-state index contributed by atoms with van der Waals surface area (Å²) in [5.41, 5.74) is 9.84. The van der Waals surface area contributed by atoms with Crippen LogP contribution in [-0.4, -0.2) is 31.7 Å². The molecule has 0 unspecified atom stereocenters. The quantitative estimate of drug-likeness (QED) is 0.287. The number of ether oxygens (including phenoxy) is 1. The van der Waals surface area contributed by atoms with Crippen molar-refractivity contribution in [3.8, 4) is 0 Å². The smallest absolute Gasteiger partial charge is 0.326 e. The monoisotopic (exact) mass is 260 g/mol. The molecule has 1 aromatic carbocycles. The first-order valence-corrected chi connectivity index (χ1v) is 6.13. The summed E-state index contributed by atoms with van der Waals surface area (Å²) in [6.07, 6.45) is 1.21. The summed E-state index contributed by atoms with van der Waals surface area (Å²) < 4.78 is 4.92. The number of methoxy groups -OCH3 is 1. The van der Waals surface area contributed by atoms with Crippen molar-refractivity contribution >= 4 is 5.97 Å². The summed E-state index contributed by atoms with van der Waals surface area (Å²) in [6, 6.07) is 7.97. The number of azide groups is 1. The number of carbonyl (C=O) groups is 1. The number of hydrogen-bond donors (Lipinski definition) is 1. The van der Waals surface area contributed by atoms with Crippen molar-refractivity contribution in [3.05, 3.63) is 45.8 Å². The first kappa shape index (κ1) is 13.4. The van der Waals surface area contributed by atoms with Gasteiger partial charge in [-0.3, -0.25) is 4.79 Å². The van der Waals surface area contributed by atoms with Crippen molar-refractivity contribution in [2.45, 2.75) is 18.4 Å². The zero-order valence-electron chi connectivity index (χ0n) is 10.8. The van der Waals surface area contributed by atoms with Crippen molar-refractivity contribution in [3.63, 3.8) is 0 Å². The van der Waals surface area contributed by atoms with Gasteiger partial charge in [-0.1, -0.05) is 29.4 Å². The number of carbonyl (C=O) groups excluding carboxylic acids is 1. The minimum absolute atomic E-state index is 0.273. The van der Waals surface area contributed by atoms with Crippen LogP contribution in [0.1, 0.15) is 11.1 Å². The molecule has 19 heavy (non-hydrogen) atoms. The zero-order chi connectivity index (χ0) is 13.7. The Balaban J connectivity index is 2.15. The number of rotatable bonds is 5. The van der Waals surface area contributed by atoms with Gasteiger partial charge >= 0.3 is 5.97 Å². The van der Waals surface area contributed by atoms with E-state index < -0.39 is 5.54 Å². The zero-order valence-corrected chi connectivity index (χ0v) is 10.8. The van der Waals surface area contributed by atoms with E-state index in [-0.39, 0.29) is 5.97 Å². The van der Waals surface area contributed by atoms with E-state index in [1.165, 1.54) is 7.11 Å². The lowest BCUT2D eigenvalue weighted by molar-refractivity contribution is -0.148. The average Bonchev–Trinajstić information content (AvgIpc) is 2.82. The molecule has 0 spiro atoms. The molecule has 0 heterocycles. The fraction of sp³-hybridized carbons (Fsp3) is 0.462. The molecule has 0 amide bonds. The standard InChI is InChI=1S/C13H16N4O2/c1-19-12(18)13(15-6-7-16-17-14)8-10-4-2-3-5-11(10)9-13/h2-5,15H,6-9H2,1H3. The van der Waals surface area contributed by atoms with Gasteiger partial charge in [0.15, 0.2) is 0 Å². The van der Waals surface area contributed by atoms with Gasteiger partial charge in [-0.2, -0.15) is 0 Å². The molecule has 100 valence electrons. The highest BCUT2D eigenvalue weighted by Crippen LogP contribution is 2.30. The molecule has 1 aliphatic rings. The molecule has 0 fully saturated rings. The van der Waals surface area contributed by atoms with Crippen LogP contribution in [0.5, 0.6) is 0 Å². The molecule has 1 aromatic rings. The lowest BCUT2D eigenvalue weighted by atomic mass is 9.95. The largest absolute Gasteiger partial charge is 0.468 e. The Kier molecular flexibility index (Phi) is 4.04. The second kappa shape index (κ2) is 5.73. The van der Waals surface area contributed by atoms with Gasteiger partial charge in [0.1, 0.15) is 5.54 Å². The van der Waals surface area contributed by atoms with Crippen molar-refractivity contribution < 1.29 is 9.53 Å². The van der Waals surface area contributed by atoms with Crippen LogP contribution in [-0.2, 0) is 22.4 Å².